The number of anilines is 1. The van der Waals surface area contributed by atoms with E-state index in [1.807, 2.05) is 37.3 Å². The van der Waals surface area contributed by atoms with Crippen LogP contribution in [-0.4, -0.2) is 46.0 Å². The zero-order chi connectivity index (χ0) is 29.5. The molecule has 3 aromatic rings. The Hall–Kier alpha value is -3.70. The number of carboxylic acid groups (broad SMARTS) is 1. The summed E-state index contributed by atoms with van der Waals surface area (Å²) >= 11 is 1.41. The summed E-state index contributed by atoms with van der Waals surface area (Å²) in [4.78, 5) is 36.1. The van der Waals surface area contributed by atoms with E-state index < -0.39 is 30.2 Å². The summed E-state index contributed by atoms with van der Waals surface area (Å²) in [5.41, 5.74) is 3.10. The van der Waals surface area contributed by atoms with Gasteiger partial charge in [0.1, 0.15) is 0 Å². The molecule has 0 unspecified atom stereocenters. The Morgan fingerprint density at radius 1 is 1.00 bits per heavy atom. The van der Waals surface area contributed by atoms with Gasteiger partial charge in [0.15, 0.2) is 12.4 Å². The van der Waals surface area contributed by atoms with Crippen molar-refractivity contribution >= 4 is 35.3 Å². The van der Waals surface area contributed by atoms with E-state index in [1.54, 1.807) is 42.5 Å². The summed E-state index contributed by atoms with van der Waals surface area (Å²) in [6.07, 6.45) is -2.41. The zero-order valence-electron chi connectivity index (χ0n) is 23.0. The fraction of sp³-hybridized carbons (Fsp3) is 0.323. The molecule has 4 rings (SSSR count). The van der Waals surface area contributed by atoms with E-state index in [0.717, 1.165) is 11.1 Å². The third-order valence-corrected chi connectivity index (χ3v) is 7.94. The Kier molecular flexibility index (Phi) is 10.2. The van der Waals surface area contributed by atoms with Crippen molar-refractivity contribution < 1.29 is 38.8 Å². The molecule has 3 N–H and O–H groups in total. The van der Waals surface area contributed by atoms with E-state index >= 15 is 0 Å². The minimum Gasteiger partial charge on any atom is -0.478 e. The zero-order valence-corrected chi connectivity index (χ0v) is 23.8. The lowest BCUT2D eigenvalue weighted by Gasteiger charge is -2.41. The number of carbonyl (C=O) groups is 3. The molecule has 5 atom stereocenters. The van der Waals surface area contributed by atoms with Gasteiger partial charge in [0.05, 0.1) is 24.4 Å². The first kappa shape index (κ1) is 30.3. The number of nitrogens with one attached hydrogen (secondary N) is 1. The van der Waals surface area contributed by atoms with E-state index in [2.05, 4.69) is 5.32 Å². The topological polar surface area (TPSA) is 131 Å². The van der Waals surface area contributed by atoms with Crippen LogP contribution in [0.3, 0.4) is 0 Å². The second kappa shape index (κ2) is 13.8. The highest BCUT2D eigenvalue weighted by Crippen LogP contribution is 2.43. The number of benzene rings is 3. The molecule has 216 valence electrons. The van der Waals surface area contributed by atoms with Crippen molar-refractivity contribution in [2.45, 2.75) is 56.9 Å². The smallest absolute Gasteiger partial charge is 0.336 e. The van der Waals surface area contributed by atoms with Crippen molar-refractivity contribution in [1.82, 2.24) is 0 Å². The van der Waals surface area contributed by atoms with Gasteiger partial charge in [-0.1, -0.05) is 55.5 Å². The molecule has 0 saturated carbocycles. The summed E-state index contributed by atoms with van der Waals surface area (Å²) < 4.78 is 17.9. The van der Waals surface area contributed by atoms with Crippen LogP contribution in [0.25, 0.3) is 0 Å². The minimum absolute atomic E-state index is 0.0655. The number of thioether (sulfide) groups is 1. The molecule has 0 aliphatic carbocycles. The van der Waals surface area contributed by atoms with E-state index in [4.69, 9.17) is 14.2 Å². The van der Waals surface area contributed by atoms with Gasteiger partial charge in [-0.3, -0.25) is 9.59 Å². The van der Waals surface area contributed by atoms with Crippen LogP contribution in [-0.2, 0) is 30.4 Å². The van der Waals surface area contributed by atoms with Crippen molar-refractivity contribution in [3.8, 4) is 0 Å². The Labute approximate surface area is 242 Å². The molecule has 9 nitrogen and oxygen atoms in total. The number of carboxylic acids is 1. The summed E-state index contributed by atoms with van der Waals surface area (Å²) in [7, 11) is 0. The largest absolute Gasteiger partial charge is 0.478 e. The van der Waals surface area contributed by atoms with Gasteiger partial charge in [-0.25, -0.2) is 4.79 Å². The molecule has 0 spiro atoms. The van der Waals surface area contributed by atoms with Gasteiger partial charge < -0.3 is 29.7 Å². The Balaban J connectivity index is 1.59. The lowest BCUT2D eigenvalue weighted by molar-refractivity contribution is -0.268. The number of hydrogen-bond acceptors (Lipinski definition) is 8. The number of rotatable bonds is 10. The lowest BCUT2D eigenvalue weighted by Crippen LogP contribution is -2.38. The molecule has 1 amide bonds. The maximum atomic E-state index is 12.5. The highest BCUT2D eigenvalue weighted by molar-refractivity contribution is 7.99. The van der Waals surface area contributed by atoms with Crippen molar-refractivity contribution in [3.05, 3.63) is 95.1 Å². The number of aliphatic hydroxyl groups excluding tert-OH is 1. The van der Waals surface area contributed by atoms with Crippen LogP contribution in [0.15, 0.2) is 77.7 Å². The van der Waals surface area contributed by atoms with Crippen molar-refractivity contribution in [2.75, 3.05) is 11.1 Å². The van der Waals surface area contributed by atoms with Gasteiger partial charge in [-0.05, 0) is 42.3 Å². The molecule has 3 aromatic carbocycles. The molecular weight excluding hydrogens is 546 g/mol. The van der Waals surface area contributed by atoms with Gasteiger partial charge in [0.25, 0.3) is 5.91 Å². The highest BCUT2D eigenvalue weighted by atomic mass is 32.2. The molecule has 1 saturated heterocycles. The normalized spacial score (nSPS) is 21.1. The number of amides is 1. The van der Waals surface area contributed by atoms with Crippen LogP contribution in [0.1, 0.15) is 60.2 Å². The lowest BCUT2D eigenvalue weighted by atomic mass is 9.91. The van der Waals surface area contributed by atoms with Gasteiger partial charge >= 0.3 is 11.9 Å². The molecule has 1 fully saturated rings. The number of carbonyl (C=O) groups excluding carboxylic acids is 2. The Morgan fingerprint density at radius 2 is 1.73 bits per heavy atom. The maximum Gasteiger partial charge on any atom is 0.336 e. The predicted octanol–water partition coefficient (Wildman–Crippen LogP) is 5.35. The van der Waals surface area contributed by atoms with Gasteiger partial charge in [-0.15, -0.1) is 11.8 Å². The Bertz CT molecular complexity index is 1380. The van der Waals surface area contributed by atoms with Crippen LogP contribution in [0, 0.1) is 5.92 Å². The monoisotopic (exact) mass is 579 g/mol. The van der Waals surface area contributed by atoms with Gasteiger partial charge in [0.2, 0.25) is 0 Å². The summed E-state index contributed by atoms with van der Waals surface area (Å²) in [6, 6.07) is 21.5. The second-order valence-electron chi connectivity index (χ2n) is 9.80. The van der Waals surface area contributed by atoms with E-state index in [9.17, 15) is 24.6 Å². The number of aliphatic hydroxyl groups is 1. The molecule has 0 radical (unpaired) electrons. The Morgan fingerprint density at radius 3 is 2.41 bits per heavy atom. The van der Waals surface area contributed by atoms with Crippen LogP contribution in [0.4, 0.5) is 5.69 Å². The fourth-order valence-corrected chi connectivity index (χ4v) is 5.77. The summed E-state index contributed by atoms with van der Waals surface area (Å²) in [5.74, 6) is -1.62. The molecule has 1 aliphatic heterocycles. The number of ether oxygens (including phenoxy) is 3. The molecule has 1 aliphatic rings. The van der Waals surface area contributed by atoms with Crippen molar-refractivity contribution in [2.24, 2.45) is 5.92 Å². The molecule has 41 heavy (non-hydrogen) atoms. The average molecular weight is 580 g/mol. The predicted molar refractivity (Wildman–Crippen MR) is 153 cm³/mol. The number of aromatic carboxylic acids is 1. The number of esters is 1. The number of hydrogen-bond donors (Lipinski definition) is 3. The first-order valence-corrected chi connectivity index (χ1v) is 14.2. The molecule has 10 heteroatoms. The van der Waals surface area contributed by atoms with Crippen LogP contribution >= 0.6 is 11.8 Å². The minimum atomic E-state index is -0.990. The van der Waals surface area contributed by atoms with Crippen molar-refractivity contribution in [3.63, 3.8) is 0 Å². The van der Waals surface area contributed by atoms with E-state index in [1.165, 1.54) is 25.6 Å². The SMILES string of the molecule is CC(=O)O[C@@H](C)C(=O)Nc1cccc([C@H]2O[C@@H](CSc3ccccc3C(=O)O)[C@@H](C)[C@@H](c3ccc(CO)cc3)O2)c1. The molecule has 0 aromatic heterocycles. The second-order valence-corrected chi connectivity index (χ2v) is 10.9. The van der Waals surface area contributed by atoms with Gasteiger partial charge in [0, 0.05) is 34.7 Å². The standard InChI is InChI=1S/C31H33NO8S/c1-18-26(17-41-27-10-5-4-9-25(27)30(36)37)39-31(40-28(18)22-13-11-21(16-33)12-14-22)23-7-6-8-24(15-23)32-29(35)19(2)38-20(3)34/h4-15,18-19,26,28,31,33H,16-17H2,1-3H3,(H,32,35)(H,36,37)/t18-,19+,26+,28+,31+/m1/s1. The molecule has 1 heterocycles. The van der Waals surface area contributed by atoms with E-state index in [-0.39, 0.29) is 30.3 Å². The van der Waals surface area contributed by atoms with Gasteiger partial charge in [-0.2, -0.15) is 0 Å². The summed E-state index contributed by atoms with van der Waals surface area (Å²) in [6.45, 7) is 4.70. The molecule has 0 bridgehead atoms. The third-order valence-electron chi connectivity index (χ3n) is 6.78. The van der Waals surface area contributed by atoms with E-state index in [0.29, 0.717) is 21.9 Å². The van der Waals surface area contributed by atoms with Crippen LogP contribution < -0.4 is 5.32 Å². The molecular formula is C31H33NO8S. The van der Waals surface area contributed by atoms with Crippen LogP contribution in [0.2, 0.25) is 0 Å². The maximum absolute atomic E-state index is 12.5. The van der Waals surface area contributed by atoms with Crippen LogP contribution in [0.5, 0.6) is 0 Å². The highest BCUT2D eigenvalue weighted by Gasteiger charge is 2.38. The first-order chi connectivity index (χ1) is 19.7. The quantitative estimate of drug-likeness (QED) is 0.215. The third kappa shape index (κ3) is 7.74. The first-order valence-electron chi connectivity index (χ1n) is 13.2. The summed E-state index contributed by atoms with van der Waals surface area (Å²) in [5, 5.41) is 21.8. The average Bonchev–Trinajstić information content (AvgIpc) is 2.96. The fourth-order valence-electron chi connectivity index (χ4n) is 4.56. The van der Waals surface area contributed by atoms with Crippen molar-refractivity contribution in [1.29, 1.82) is 0 Å².